The van der Waals surface area contributed by atoms with E-state index in [0.717, 1.165) is 33.4 Å². The highest BCUT2D eigenvalue weighted by molar-refractivity contribution is 6.09. The average Bonchev–Trinajstić information content (AvgIpc) is 3.18. The summed E-state index contributed by atoms with van der Waals surface area (Å²) in [4.78, 5) is 25.8. The van der Waals surface area contributed by atoms with E-state index < -0.39 is 11.5 Å². The van der Waals surface area contributed by atoms with Crippen molar-refractivity contribution in [2.45, 2.75) is 38.6 Å². The van der Waals surface area contributed by atoms with Crippen molar-refractivity contribution in [3.8, 4) is 0 Å². The van der Waals surface area contributed by atoms with Gasteiger partial charge in [-0.05, 0) is 49.6 Å². The summed E-state index contributed by atoms with van der Waals surface area (Å²) in [5, 5.41) is 8.73. The quantitative estimate of drug-likeness (QED) is 0.755. The summed E-state index contributed by atoms with van der Waals surface area (Å²) in [6.07, 6.45) is 0.524. The van der Waals surface area contributed by atoms with E-state index in [1.54, 1.807) is 0 Å². The number of aryl methyl sites for hydroxylation is 3. The number of rotatable bonds is 2. The van der Waals surface area contributed by atoms with E-state index >= 15 is 0 Å². The number of methoxy groups -OCH3 is 1. The van der Waals surface area contributed by atoms with Crippen LogP contribution in [0, 0.1) is 20.8 Å². The fourth-order valence-electron chi connectivity index (χ4n) is 4.47. The van der Waals surface area contributed by atoms with Crippen molar-refractivity contribution in [1.29, 1.82) is 0 Å². The molecule has 4 rings (SSSR count). The second kappa shape index (κ2) is 6.12. The zero-order valence-electron chi connectivity index (χ0n) is 16.0. The van der Waals surface area contributed by atoms with E-state index in [0.29, 0.717) is 18.5 Å². The van der Waals surface area contributed by atoms with Crippen LogP contribution in [0.15, 0.2) is 40.6 Å². The molecule has 5 nitrogen and oxygen atoms in total. The summed E-state index contributed by atoms with van der Waals surface area (Å²) in [5.41, 5.74) is 5.24. The van der Waals surface area contributed by atoms with Crippen molar-refractivity contribution in [3.05, 3.63) is 69.3 Å². The molecule has 1 spiro atoms. The van der Waals surface area contributed by atoms with Crippen molar-refractivity contribution >= 4 is 11.8 Å². The molecule has 27 heavy (non-hydrogen) atoms. The van der Waals surface area contributed by atoms with Crippen molar-refractivity contribution in [3.63, 3.8) is 0 Å². The smallest absolute Gasteiger partial charge is 0.338 e. The third-order valence-corrected chi connectivity index (χ3v) is 5.78. The Balaban J connectivity index is 1.85. The molecule has 138 valence electrons. The number of hydrogen-bond acceptors (Lipinski definition) is 5. The molecular weight excluding hydrogens is 340 g/mol. The number of carbonyl (C=O) groups excluding carboxylic acids is 2. The number of fused-ring (bicyclic) bond motifs is 1. The summed E-state index contributed by atoms with van der Waals surface area (Å²) in [6.45, 7) is 6.35. The van der Waals surface area contributed by atoms with Crippen LogP contribution in [0.1, 0.15) is 54.5 Å². The molecule has 0 saturated heterocycles. The van der Waals surface area contributed by atoms with Crippen LogP contribution in [0.3, 0.4) is 0 Å². The Hall–Kier alpha value is -2.82. The van der Waals surface area contributed by atoms with E-state index in [1.165, 1.54) is 7.11 Å². The largest absolute Gasteiger partial charge is 0.465 e. The monoisotopic (exact) mass is 362 g/mol. The Morgan fingerprint density at radius 1 is 1.15 bits per heavy atom. The van der Waals surface area contributed by atoms with Gasteiger partial charge in [-0.1, -0.05) is 29.3 Å². The van der Waals surface area contributed by atoms with Crippen LogP contribution in [0.25, 0.3) is 0 Å². The molecule has 0 saturated carbocycles. The number of hydrogen-bond donors (Lipinski definition) is 0. The predicted molar refractivity (Wildman–Crippen MR) is 102 cm³/mol. The van der Waals surface area contributed by atoms with Crippen LogP contribution in [0.5, 0.6) is 0 Å². The number of carbonyl (C=O) groups is 2. The van der Waals surface area contributed by atoms with Gasteiger partial charge in [0.25, 0.3) is 0 Å². The van der Waals surface area contributed by atoms with Gasteiger partial charge >= 0.3 is 5.97 Å². The molecular formula is C22H22N2O3. The highest BCUT2D eigenvalue weighted by Gasteiger charge is 2.55. The first-order chi connectivity index (χ1) is 12.9. The highest BCUT2D eigenvalue weighted by atomic mass is 16.5. The molecule has 2 aromatic rings. The third-order valence-electron chi connectivity index (χ3n) is 5.78. The number of azo groups is 1. The van der Waals surface area contributed by atoms with Crippen molar-refractivity contribution in [2.75, 3.05) is 13.7 Å². The number of benzene rings is 2. The van der Waals surface area contributed by atoms with Gasteiger partial charge in [0.05, 0.1) is 19.2 Å². The van der Waals surface area contributed by atoms with Gasteiger partial charge in [-0.3, -0.25) is 4.79 Å². The molecule has 1 aliphatic heterocycles. The van der Waals surface area contributed by atoms with Crippen molar-refractivity contribution in [1.82, 2.24) is 0 Å². The minimum Gasteiger partial charge on any atom is -0.465 e. The number of esters is 1. The van der Waals surface area contributed by atoms with Gasteiger partial charge in [-0.2, -0.15) is 10.2 Å². The van der Waals surface area contributed by atoms with Gasteiger partial charge in [0, 0.05) is 17.9 Å². The van der Waals surface area contributed by atoms with E-state index in [9.17, 15) is 9.59 Å². The lowest BCUT2D eigenvalue weighted by Crippen LogP contribution is -2.39. The molecule has 1 heterocycles. The van der Waals surface area contributed by atoms with Crippen molar-refractivity contribution in [2.24, 2.45) is 10.2 Å². The maximum atomic E-state index is 13.5. The summed E-state index contributed by atoms with van der Waals surface area (Å²) in [6, 6.07) is 9.72. The first-order valence-corrected chi connectivity index (χ1v) is 9.10. The first kappa shape index (κ1) is 17.6. The van der Waals surface area contributed by atoms with Gasteiger partial charge in [-0.15, -0.1) is 0 Å². The summed E-state index contributed by atoms with van der Waals surface area (Å²) in [5.74, 6) is -0.663. The Bertz CT molecular complexity index is 1010. The molecule has 2 atom stereocenters. The predicted octanol–water partition coefficient (Wildman–Crippen LogP) is 4.13. The fourth-order valence-corrected chi connectivity index (χ4v) is 4.47. The van der Waals surface area contributed by atoms with Gasteiger partial charge in [0.2, 0.25) is 0 Å². The van der Waals surface area contributed by atoms with Crippen LogP contribution in [-0.4, -0.2) is 30.9 Å². The Kier molecular flexibility index (Phi) is 3.98. The summed E-state index contributed by atoms with van der Waals surface area (Å²) >= 11 is 0. The topological polar surface area (TPSA) is 68.1 Å². The Morgan fingerprint density at radius 2 is 1.93 bits per heavy atom. The van der Waals surface area contributed by atoms with Crippen molar-refractivity contribution < 1.29 is 14.3 Å². The molecule has 0 radical (unpaired) electrons. The normalized spacial score (nSPS) is 23.1. The molecule has 0 fully saturated rings. The zero-order valence-corrected chi connectivity index (χ0v) is 16.0. The maximum absolute atomic E-state index is 13.5. The molecule has 2 unspecified atom stereocenters. The molecule has 0 amide bonds. The van der Waals surface area contributed by atoms with Crippen LogP contribution >= 0.6 is 0 Å². The lowest BCUT2D eigenvalue weighted by molar-refractivity contribution is 0.0597. The number of ether oxygens (including phenoxy) is 1. The molecule has 5 heteroatoms. The van der Waals surface area contributed by atoms with Crippen LogP contribution in [0.2, 0.25) is 0 Å². The zero-order chi connectivity index (χ0) is 19.3. The maximum Gasteiger partial charge on any atom is 0.338 e. The lowest BCUT2D eigenvalue weighted by atomic mass is 9.76. The molecule has 0 bridgehead atoms. The summed E-state index contributed by atoms with van der Waals surface area (Å²) in [7, 11) is 1.37. The highest BCUT2D eigenvalue weighted by Crippen LogP contribution is 2.48. The van der Waals surface area contributed by atoms with Gasteiger partial charge < -0.3 is 4.74 Å². The van der Waals surface area contributed by atoms with Gasteiger partial charge in [0.15, 0.2) is 11.3 Å². The van der Waals surface area contributed by atoms with Crippen LogP contribution in [-0.2, 0) is 11.2 Å². The lowest BCUT2D eigenvalue weighted by Gasteiger charge is -2.27. The molecule has 2 aliphatic rings. The van der Waals surface area contributed by atoms with E-state index in [-0.39, 0.29) is 11.7 Å². The fraction of sp³-hybridized carbons (Fsp3) is 0.364. The molecule has 1 aliphatic carbocycles. The summed E-state index contributed by atoms with van der Waals surface area (Å²) < 4.78 is 4.98. The molecule has 0 N–H and O–H groups in total. The van der Waals surface area contributed by atoms with E-state index in [4.69, 9.17) is 4.74 Å². The number of Topliss-reactive ketones (excluding diaryl/α,β-unsaturated/α-hetero) is 1. The second-order valence-corrected chi connectivity index (χ2v) is 7.60. The van der Waals surface area contributed by atoms with Gasteiger partial charge in [0.1, 0.15) is 0 Å². The van der Waals surface area contributed by atoms with Crippen LogP contribution in [0.4, 0.5) is 0 Å². The first-order valence-electron chi connectivity index (χ1n) is 9.10. The SMILES string of the molecule is COC(=O)c1cc(C)ccc1C1CN=NC12Cc1c(C)cc(C)cc1C2=O. The van der Waals surface area contributed by atoms with Crippen LogP contribution < -0.4 is 0 Å². The van der Waals surface area contributed by atoms with E-state index in [2.05, 4.69) is 16.3 Å². The Labute approximate surface area is 158 Å². The minimum absolute atomic E-state index is 0.00643. The third kappa shape index (κ3) is 2.52. The minimum atomic E-state index is -0.959. The standard InChI is InChI=1S/C22H22N2O3/c1-12-5-6-15(17(8-12)21(26)27-4)19-11-23-24-22(19)10-18-14(3)7-13(2)9-16(18)20(22)25/h5-9,19H,10-11H2,1-4H3. The molecule has 0 aromatic heterocycles. The van der Waals surface area contributed by atoms with E-state index in [1.807, 2.05) is 45.0 Å². The average molecular weight is 362 g/mol. The molecule has 2 aromatic carbocycles. The Morgan fingerprint density at radius 3 is 2.67 bits per heavy atom. The number of ketones is 1. The number of nitrogens with zero attached hydrogens (tertiary/aromatic N) is 2. The van der Waals surface area contributed by atoms with Gasteiger partial charge in [-0.25, -0.2) is 4.79 Å². The second-order valence-electron chi connectivity index (χ2n) is 7.60.